The van der Waals surface area contributed by atoms with Crippen LogP contribution in [0.4, 0.5) is 0 Å². The fraction of sp³-hybridized carbons (Fsp3) is 0.571. The molecule has 0 saturated heterocycles. The smallest absolute Gasteiger partial charge is 0.0975 e. The van der Waals surface area contributed by atoms with E-state index in [0.29, 0.717) is 17.5 Å². The lowest BCUT2D eigenvalue weighted by atomic mass is 10.2. The third kappa shape index (κ3) is 1.76. The maximum Gasteiger partial charge on any atom is 0.0975 e. The van der Waals surface area contributed by atoms with Crippen LogP contribution in [0.15, 0.2) is 11.9 Å². The fourth-order valence-corrected chi connectivity index (χ4v) is 0.752. The molecule has 0 spiro atoms. The highest BCUT2D eigenvalue weighted by Crippen LogP contribution is 2.30. The second kappa shape index (κ2) is 2.73. The molecular weight excluding hydrogens is 126 g/mol. The van der Waals surface area contributed by atoms with Crippen LogP contribution in [0, 0.1) is 11.3 Å². The molecule has 0 atom stereocenters. The predicted molar refractivity (Wildman–Crippen MR) is 41.8 cm³/mol. The summed E-state index contributed by atoms with van der Waals surface area (Å²) in [6.07, 6.45) is 4.01. The third-order valence-corrected chi connectivity index (χ3v) is 1.62. The highest BCUT2D eigenvalue weighted by Gasteiger charge is 2.24. The number of rotatable bonds is 3. The summed E-state index contributed by atoms with van der Waals surface area (Å²) in [5.74, 6) is 1.07. The van der Waals surface area contributed by atoms with Crippen molar-refractivity contribution in [2.24, 2.45) is 11.7 Å². The van der Waals surface area contributed by atoms with Crippen molar-refractivity contribution in [2.75, 3.05) is 7.05 Å². The zero-order valence-electron chi connectivity index (χ0n) is 6.15. The van der Waals surface area contributed by atoms with Gasteiger partial charge in [-0.2, -0.15) is 0 Å². The molecule has 0 unspecified atom stereocenters. The molecule has 1 aliphatic carbocycles. The molecule has 1 rings (SSSR count). The van der Waals surface area contributed by atoms with Crippen molar-refractivity contribution < 1.29 is 0 Å². The summed E-state index contributed by atoms with van der Waals surface area (Å²) in [5.41, 5.74) is 6.11. The maximum absolute atomic E-state index is 7.44. The maximum atomic E-state index is 7.44. The highest BCUT2D eigenvalue weighted by atomic mass is 15.0. The van der Waals surface area contributed by atoms with E-state index in [9.17, 15) is 0 Å². The minimum absolute atomic E-state index is 0.492. The molecule has 4 N–H and O–H groups in total. The Morgan fingerprint density at radius 2 is 2.30 bits per heavy atom. The molecule has 1 saturated carbocycles. The third-order valence-electron chi connectivity index (χ3n) is 1.62. The van der Waals surface area contributed by atoms with Gasteiger partial charge < -0.3 is 16.5 Å². The first-order chi connectivity index (χ1) is 4.74. The summed E-state index contributed by atoms with van der Waals surface area (Å²) in [6, 6.07) is 0. The van der Waals surface area contributed by atoms with Crippen LogP contribution in [0.25, 0.3) is 0 Å². The lowest BCUT2D eigenvalue weighted by molar-refractivity contribution is 0.964. The van der Waals surface area contributed by atoms with E-state index in [2.05, 4.69) is 5.32 Å². The number of allylic oxidation sites excluding steroid dienone is 1. The first kappa shape index (κ1) is 7.12. The van der Waals surface area contributed by atoms with Gasteiger partial charge in [-0.3, -0.25) is 0 Å². The van der Waals surface area contributed by atoms with E-state index in [1.165, 1.54) is 0 Å². The van der Waals surface area contributed by atoms with E-state index in [-0.39, 0.29) is 0 Å². The standard InChI is InChI=1S/C7H13N3/c1-10-7(9)4-6(8)5-2-3-5/h4-5,8,10H,2-3,9H2,1H3/b7-4-,8-6?. The molecule has 56 valence electrons. The predicted octanol–water partition coefficient (Wildman–Crippen LogP) is 0.436. The molecule has 0 aliphatic heterocycles. The largest absolute Gasteiger partial charge is 0.385 e. The Hall–Kier alpha value is -0.990. The van der Waals surface area contributed by atoms with Gasteiger partial charge in [0.25, 0.3) is 0 Å². The second-order valence-corrected chi connectivity index (χ2v) is 2.58. The molecule has 0 heterocycles. The minimum Gasteiger partial charge on any atom is -0.385 e. The molecule has 1 aliphatic rings. The van der Waals surface area contributed by atoms with Gasteiger partial charge in [-0.15, -0.1) is 0 Å². The lowest BCUT2D eigenvalue weighted by Gasteiger charge is -1.98. The summed E-state index contributed by atoms with van der Waals surface area (Å²) in [5, 5.41) is 10.2. The molecule has 0 aromatic carbocycles. The summed E-state index contributed by atoms with van der Waals surface area (Å²) in [7, 11) is 1.76. The summed E-state index contributed by atoms with van der Waals surface area (Å²) in [4.78, 5) is 0. The van der Waals surface area contributed by atoms with Gasteiger partial charge in [0.15, 0.2) is 0 Å². The van der Waals surface area contributed by atoms with Crippen LogP contribution in [0.5, 0.6) is 0 Å². The normalized spacial score (nSPS) is 18.7. The average molecular weight is 139 g/mol. The zero-order chi connectivity index (χ0) is 7.56. The average Bonchev–Trinajstić information content (AvgIpc) is 2.68. The Morgan fingerprint density at radius 3 is 2.70 bits per heavy atom. The van der Waals surface area contributed by atoms with Gasteiger partial charge in [-0.1, -0.05) is 0 Å². The summed E-state index contributed by atoms with van der Waals surface area (Å²) < 4.78 is 0. The Kier molecular flexibility index (Phi) is 1.94. The zero-order valence-corrected chi connectivity index (χ0v) is 6.15. The SMILES string of the molecule is CN/C(N)=C\C(=N)C1CC1. The van der Waals surface area contributed by atoms with Gasteiger partial charge in [-0.25, -0.2) is 0 Å². The Balaban J connectivity index is 2.41. The molecule has 3 nitrogen and oxygen atoms in total. The van der Waals surface area contributed by atoms with Crippen LogP contribution in [-0.4, -0.2) is 12.8 Å². The molecule has 1 fully saturated rings. The van der Waals surface area contributed by atoms with Crippen molar-refractivity contribution in [1.29, 1.82) is 5.41 Å². The van der Waals surface area contributed by atoms with Gasteiger partial charge in [-0.05, 0) is 18.9 Å². The van der Waals surface area contributed by atoms with Crippen LogP contribution in [0.2, 0.25) is 0 Å². The van der Waals surface area contributed by atoms with Crippen LogP contribution < -0.4 is 11.1 Å². The molecule has 0 radical (unpaired) electrons. The minimum atomic E-state index is 0.492. The van der Waals surface area contributed by atoms with Crippen LogP contribution in [0.3, 0.4) is 0 Å². The fourth-order valence-electron chi connectivity index (χ4n) is 0.752. The van der Waals surface area contributed by atoms with E-state index >= 15 is 0 Å². The monoisotopic (exact) mass is 139 g/mol. The molecule has 0 aromatic heterocycles. The number of hydrogen-bond donors (Lipinski definition) is 3. The van der Waals surface area contributed by atoms with Crippen molar-refractivity contribution in [3.05, 3.63) is 11.9 Å². The Morgan fingerprint density at radius 1 is 1.70 bits per heavy atom. The van der Waals surface area contributed by atoms with Crippen molar-refractivity contribution in [3.8, 4) is 0 Å². The molecule has 0 aromatic rings. The van der Waals surface area contributed by atoms with Gasteiger partial charge in [0.2, 0.25) is 0 Å². The van der Waals surface area contributed by atoms with Crippen LogP contribution in [0.1, 0.15) is 12.8 Å². The van der Waals surface area contributed by atoms with E-state index in [0.717, 1.165) is 12.8 Å². The van der Waals surface area contributed by atoms with Gasteiger partial charge in [0.1, 0.15) is 0 Å². The quantitative estimate of drug-likeness (QED) is 0.497. The van der Waals surface area contributed by atoms with Gasteiger partial charge >= 0.3 is 0 Å². The number of hydrogen-bond acceptors (Lipinski definition) is 3. The van der Waals surface area contributed by atoms with Crippen molar-refractivity contribution in [2.45, 2.75) is 12.8 Å². The second-order valence-electron chi connectivity index (χ2n) is 2.58. The Bertz CT molecular complexity index is 168. The van der Waals surface area contributed by atoms with Crippen molar-refractivity contribution >= 4 is 5.71 Å². The molecule has 3 heteroatoms. The molecule has 0 amide bonds. The molecular formula is C7H13N3. The van der Waals surface area contributed by atoms with E-state index < -0.39 is 0 Å². The first-order valence-corrected chi connectivity index (χ1v) is 3.47. The van der Waals surface area contributed by atoms with Crippen molar-refractivity contribution in [1.82, 2.24) is 5.32 Å². The van der Waals surface area contributed by atoms with Gasteiger partial charge in [0, 0.05) is 18.7 Å². The summed E-state index contributed by atoms with van der Waals surface area (Å²) in [6.45, 7) is 0. The van der Waals surface area contributed by atoms with Crippen LogP contribution >= 0.6 is 0 Å². The topological polar surface area (TPSA) is 61.9 Å². The Labute approximate surface area is 60.8 Å². The number of nitrogens with one attached hydrogen (secondary N) is 2. The van der Waals surface area contributed by atoms with E-state index in [1.807, 2.05) is 0 Å². The van der Waals surface area contributed by atoms with Gasteiger partial charge in [0.05, 0.1) is 5.82 Å². The highest BCUT2D eigenvalue weighted by molar-refractivity contribution is 5.96. The van der Waals surface area contributed by atoms with E-state index in [1.54, 1.807) is 13.1 Å². The van der Waals surface area contributed by atoms with E-state index in [4.69, 9.17) is 11.1 Å². The molecule has 10 heavy (non-hydrogen) atoms. The first-order valence-electron chi connectivity index (χ1n) is 3.47. The van der Waals surface area contributed by atoms with Crippen LogP contribution in [-0.2, 0) is 0 Å². The summed E-state index contributed by atoms with van der Waals surface area (Å²) >= 11 is 0. The lowest BCUT2D eigenvalue weighted by Crippen LogP contribution is -2.16. The number of nitrogens with two attached hydrogens (primary N) is 1. The molecule has 0 bridgehead atoms. The van der Waals surface area contributed by atoms with Crippen molar-refractivity contribution in [3.63, 3.8) is 0 Å².